The number of methoxy groups -OCH3 is 1. The Hall–Kier alpha value is -3.82. The van der Waals surface area contributed by atoms with Crippen LogP contribution in [-0.4, -0.2) is 27.5 Å². The van der Waals surface area contributed by atoms with Crippen molar-refractivity contribution in [2.45, 2.75) is 13.1 Å². The average Bonchev–Trinajstić information content (AvgIpc) is 2.67. The van der Waals surface area contributed by atoms with Gasteiger partial charge in [-0.2, -0.15) is 13.2 Å². The number of nitrogens with one attached hydrogen (secondary N) is 1. The molecule has 7 nitrogen and oxygen atoms in total. The fraction of sp³-hybridized carbons (Fsp3) is 0.150. The van der Waals surface area contributed by atoms with Crippen LogP contribution in [0.2, 0.25) is 0 Å². The second-order valence-corrected chi connectivity index (χ2v) is 6.24. The normalized spacial score (nSPS) is 12.1. The molecule has 0 amide bonds. The smallest absolute Gasteiger partial charge is 0.416 e. The minimum atomic E-state index is -4.55. The topological polar surface area (TPSA) is 96.7 Å². The van der Waals surface area contributed by atoms with Crippen molar-refractivity contribution in [2.24, 2.45) is 4.99 Å². The van der Waals surface area contributed by atoms with E-state index in [1.165, 1.54) is 38.3 Å². The molecule has 0 aliphatic heterocycles. The number of aromatic nitrogens is 2. The lowest BCUT2D eigenvalue weighted by molar-refractivity contribution is -0.137. The number of H-pyrrole nitrogens is 1. The van der Waals surface area contributed by atoms with Crippen LogP contribution >= 0.6 is 0 Å². The Labute approximate surface area is 167 Å². The molecule has 0 bridgehead atoms. The third-order valence-electron chi connectivity index (χ3n) is 4.25. The van der Waals surface area contributed by atoms with Crippen molar-refractivity contribution in [1.29, 1.82) is 0 Å². The van der Waals surface area contributed by atoms with E-state index in [2.05, 4.69) is 9.98 Å². The Balaban J connectivity index is 2.13. The number of rotatable bonds is 4. The summed E-state index contributed by atoms with van der Waals surface area (Å²) < 4.78 is 44.6. The number of aromatic hydroxyl groups is 1. The number of aliphatic imine (C=N–C) groups is 1. The number of hydrogen-bond acceptors (Lipinski definition) is 5. The lowest BCUT2D eigenvalue weighted by Crippen LogP contribution is -2.32. The Morgan fingerprint density at radius 1 is 1.13 bits per heavy atom. The maximum Gasteiger partial charge on any atom is 0.416 e. The molecule has 0 saturated carbocycles. The van der Waals surface area contributed by atoms with Crippen molar-refractivity contribution in [3.8, 4) is 17.3 Å². The summed E-state index contributed by atoms with van der Waals surface area (Å²) >= 11 is 0. The molecule has 0 fully saturated rings. The summed E-state index contributed by atoms with van der Waals surface area (Å²) in [6, 6.07) is 10.3. The fourth-order valence-electron chi connectivity index (χ4n) is 2.82. The van der Waals surface area contributed by atoms with Crippen molar-refractivity contribution in [3.05, 3.63) is 80.5 Å². The van der Waals surface area contributed by atoms with Gasteiger partial charge < -0.3 is 9.84 Å². The van der Waals surface area contributed by atoms with Gasteiger partial charge in [0.2, 0.25) is 5.88 Å². The Bertz CT molecular complexity index is 1230. The average molecular weight is 419 g/mol. The number of alkyl halides is 3. The van der Waals surface area contributed by atoms with E-state index < -0.39 is 28.9 Å². The van der Waals surface area contributed by atoms with Crippen molar-refractivity contribution < 1.29 is 23.0 Å². The first-order chi connectivity index (χ1) is 14.1. The molecule has 1 heterocycles. The maximum absolute atomic E-state index is 12.9. The molecular weight excluding hydrogens is 403 g/mol. The summed E-state index contributed by atoms with van der Waals surface area (Å²) in [5.74, 6) is -0.180. The minimum Gasteiger partial charge on any atom is -0.497 e. The first-order valence-corrected chi connectivity index (χ1v) is 8.57. The second kappa shape index (κ2) is 7.90. The van der Waals surface area contributed by atoms with Gasteiger partial charge in [0.25, 0.3) is 5.56 Å². The van der Waals surface area contributed by atoms with Crippen LogP contribution in [0.25, 0.3) is 5.69 Å². The van der Waals surface area contributed by atoms with E-state index in [0.717, 1.165) is 16.7 Å². The number of ether oxygens (including phenoxy) is 1. The largest absolute Gasteiger partial charge is 0.497 e. The highest BCUT2D eigenvalue weighted by Gasteiger charge is 2.30. The van der Waals surface area contributed by atoms with Crippen molar-refractivity contribution in [2.75, 3.05) is 7.11 Å². The van der Waals surface area contributed by atoms with Gasteiger partial charge in [-0.05, 0) is 49.4 Å². The highest BCUT2D eigenvalue weighted by molar-refractivity contribution is 6.01. The molecule has 0 radical (unpaired) electrons. The molecule has 3 aromatic rings. The van der Waals surface area contributed by atoms with Crippen LogP contribution in [0.3, 0.4) is 0 Å². The zero-order valence-corrected chi connectivity index (χ0v) is 15.8. The summed E-state index contributed by atoms with van der Waals surface area (Å²) in [6.07, 6.45) is -4.55. The summed E-state index contributed by atoms with van der Waals surface area (Å²) in [5, 5.41) is 10.6. The lowest BCUT2D eigenvalue weighted by Gasteiger charge is -2.12. The Morgan fingerprint density at radius 3 is 2.40 bits per heavy atom. The van der Waals surface area contributed by atoms with Gasteiger partial charge in [-0.25, -0.2) is 9.36 Å². The molecule has 0 unspecified atom stereocenters. The van der Waals surface area contributed by atoms with Crippen LogP contribution in [0.5, 0.6) is 11.6 Å². The van der Waals surface area contributed by atoms with Gasteiger partial charge in [0.15, 0.2) is 0 Å². The molecule has 3 rings (SSSR count). The lowest BCUT2D eigenvalue weighted by atomic mass is 10.1. The first kappa shape index (κ1) is 20.9. The van der Waals surface area contributed by atoms with E-state index >= 15 is 0 Å². The zero-order chi connectivity index (χ0) is 22.1. The zero-order valence-electron chi connectivity index (χ0n) is 15.8. The van der Waals surface area contributed by atoms with Crippen LogP contribution in [0.4, 0.5) is 18.9 Å². The van der Waals surface area contributed by atoms with Gasteiger partial charge in [0, 0.05) is 0 Å². The summed E-state index contributed by atoms with van der Waals surface area (Å²) in [7, 11) is 1.46. The van der Waals surface area contributed by atoms with Crippen molar-refractivity contribution >= 4 is 11.4 Å². The molecular formula is C20H16F3N3O4. The minimum absolute atomic E-state index is 0.0664. The molecule has 30 heavy (non-hydrogen) atoms. The molecule has 0 spiro atoms. The van der Waals surface area contributed by atoms with Crippen LogP contribution in [0, 0.1) is 0 Å². The number of nitrogens with zero attached hydrogens (tertiary/aromatic N) is 2. The number of aromatic amines is 1. The van der Waals surface area contributed by atoms with E-state index in [-0.39, 0.29) is 22.6 Å². The molecule has 0 aliphatic carbocycles. The van der Waals surface area contributed by atoms with E-state index in [9.17, 15) is 27.9 Å². The number of hydrogen-bond donors (Lipinski definition) is 2. The van der Waals surface area contributed by atoms with Crippen LogP contribution in [0.1, 0.15) is 18.1 Å². The second-order valence-electron chi connectivity index (χ2n) is 6.24. The standard InChI is InChI=1S/C20H16F3N3O4/c1-11(24-13-5-3-4-12(10-13)20(21,22)23)16-17(27)25-19(29)26(18(16)28)14-6-8-15(30-2)9-7-14/h3-10,28H,1-2H3,(H,25,27,29). The summed E-state index contributed by atoms with van der Waals surface area (Å²) in [4.78, 5) is 30.6. The van der Waals surface area contributed by atoms with Crippen LogP contribution < -0.4 is 16.0 Å². The predicted octanol–water partition coefficient (Wildman–Crippen LogP) is 3.40. The number of benzene rings is 2. The highest BCUT2D eigenvalue weighted by atomic mass is 19.4. The van der Waals surface area contributed by atoms with Crippen LogP contribution in [-0.2, 0) is 6.18 Å². The molecule has 2 N–H and O–H groups in total. The van der Waals surface area contributed by atoms with Crippen LogP contribution in [0.15, 0.2) is 63.1 Å². The molecule has 0 atom stereocenters. The molecule has 156 valence electrons. The first-order valence-electron chi connectivity index (χ1n) is 8.57. The third-order valence-corrected chi connectivity index (χ3v) is 4.25. The Morgan fingerprint density at radius 2 is 1.80 bits per heavy atom. The highest BCUT2D eigenvalue weighted by Crippen LogP contribution is 2.31. The van der Waals surface area contributed by atoms with Gasteiger partial charge in [-0.1, -0.05) is 6.07 Å². The molecule has 2 aromatic carbocycles. The van der Waals surface area contributed by atoms with E-state index in [1.807, 2.05) is 0 Å². The number of halogens is 3. The van der Waals surface area contributed by atoms with E-state index in [1.54, 1.807) is 12.1 Å². The molecule has 0 saturated heterocycles. The van der Waals surface area contributed by atoms with Gasteiger partial charge in [0.1, 0.15) is 11.3 Å². The monoisotopic (exact) mass is 419 g/mol. The quantitative estimate of drug-likeness (QED) is 0.634. The summed E-state index contributed by atoms with van der Waals surface area (Å²) in [5.41, 5.74) is -2.96. The van der Waals surface area contributed by atoms with Crippen molar-refractivity contribution in [3.63, 3.8) is 0 Å². The van der Waals surface area contributed by atoms with Gasteiger partial charge in [-0.15, -0.1) is 0 Å². The van der Waals surface area contributed by atoms with Gasteiger partial charge in [-0.3, -0.25) is 14.8 Å². The maximum atomic E-state index is 12.9. The van der Waals surface area contributed by atoms with E-state index in [4.69, 9.17) is 4.74 Å². The molecule has 0 aliphatic rings. The predicted molar refractivity (Wildman–Crippen MR) is 104 cm³/mol. The fourth-order valence-corrected chi connectivity index (χ4v) is 2.82. The molecule has 10 heteroatoms. The summed E-state index contributed by atoms with van der Waals surface area (Å²) in [6.45, 7) is 1.34. The van der Waals surface area contributed by atoms with Gasteiger partial charge in [0.05, 0.1) is 29.8 Å². The Kier molecular flexibility index (Phi) is 5.50. The molecule has 1 aromatic heterocycles. The van der Waals surface area contributed by atoms with E-state index in [0.29, 0.717) is 5.75 Å². The van der Waals surface area contributed by atoms with Crippen molar-refractivity contribution in [1.82, 2.24) is 9.55 Å². The third kappa shape index (κ3) is 4.12. The van der Waals surface area contributed by atoms with Gasteiger partial charge >= 0.3 is 11.9 Å². The SMILES string of the molecule is COc1ccc(-n2c(O)c(C(C)=Nc3cccc(C(F)(F)F)c3)c(=O)[nH]c2=O)cc1.